The van der Waals surface area contributed by atoms with E-state index in [0.717, 1.165) is 5.39 Å². The molecule has 0 aliphatic carbocycles. The first-order valence-electron chi connectivity index (χ1n) is 10.6. The second kappa shape index (κ2) is 8.72. The highest BCUT2D eigenvalue weighted by molar-refractivity contribution is 5.77. The maximum Gasteiger partial charge on any atom is 0.336 e. The molecule has 3 aromatic heterocycles. The molecule has 12 heteroatoms. The van der Waals surface area contributed by atoms with Gasteiger partial charge in [0.2, 0.25) is 0 Å². The summed E-state index contributed by atoms with van der Waals surface area (Å²) in [7, 11) is 0. The van der Waals surface area contributed by atoms with Crippen molar-refractivity contribution in [3.05, 3.63) is 85.2 Å². The summed E-state index contributed by atoms with van der Waals surface area (Å²) in [5.74, 6) is 0.502. The fourth-order valence-electron chi connectivity index (χ4n) is 3.96. The molecule has 0 unspecified atom stereocenters. The molecule has 0 bridgehead atoms. The van der Waals surface area contributed by atoms with Gasteiger partial charge >= 0.3 is 11.3 Å². The molecule has 2 N–H and O–H groups in total. The summed E-state index contributed by atoms with van der Waals surface area (Å²) in [6.45, 7) is 1.42. The number of aromatic amines is 1. The summed E-state index contributed by atoms with van der Waals surface area (Å²) in [6.07, 6.45) is 2.16. The third-order valence-electron chi connectivity index (χ3n) is 5.72. The zero-order valence-corrected chi connectivity index (χ0v) is 18.1. The van der Waals surface area contributed by atoms with Crippen LogP contribution in [0.25, 0.3) is 11.0 Å². The number of hydrogen-bond acceptors (Lipinski definition) is 9. The molecule has 1 aromatic carbocycles. The van der Waals surface area contributed by atoms with Crippen LogP contribution in [-0.4, -0.2) is 42.4 Å². The zero-order valence-electron chi connectivity index (χ0n) is 18.1. The van der Waals surface area contributed by atoms with Crippen LogP contribution < -0.4 is 21.6 Å². The fraction of sp³-hybridized carbons (Fsp3) is 0.318. The lowest BCUT2D eigenvalue weighted by Gasteiger charge is -2.15. The minimum absolute atomic E-state index is 0.113. The van der Waals surface area contributed by atoms with Gasteiger partial charge in [-0.15, -0.1) is 5.10 Å². The Hall–Kier alpha value is -4.03. The minimum atomic E-state index is -0.679. The first-order chi connectivity index (χ1) is 16.4. The number of aliphatic hydroxyl groups is 1. The molecule has 12 nitrogen and oxygen atoms in total. The Bertz CT molecular complexity index is 1520. The van der Waals surface area contributed by atoms with Crippen LogP contribution in [-0.2, 0) is 11.3 Å². The smallest absolute Gasteiger partial charge is 0.336 e. The van der Waals surface area contributed by atoms with Gasteiger partial charge in [-0.25, -0.2) is 14.3 Å². The van der Waals surface area contributed by atoms with Gasteiger partial charge in [0.25, 0.3) is 5.56 Å². The Labute approximate surface area is 191 Å². The molecule has 4 aromatic rings. The number of aryl methyl sites for hydroxylation is 1. The van der Waals surface area contributed by atoms with E-state index in [1.807, 2.05) is 0 Å². The number of hydrogen-bond donors (Lipinski definition) is 2. The van der Waals surface area contributed by atoms with Crippen molar-refractivity contribution in [3.63, 3.8) is 0 Å². The summed E-state index contributed by atoms with van der Waals surface area (Å²) >= 11 is 0. The fourth-order valence-corrected chi connectivity index (χ4v) is 3.96. The van der Waals surface area contributed by atoms with E-state index in [1.165, 1.54) is 16.8 Å². The van der Waals surface area contributed by atoms with Crippen molar-refractivity contribution in [3.8, 4) is 5.75 Å². The van der Waals surface area contributed by atoms with E-state index in [4.69, 9.17) is 13.9 Å². The molecule has 0 radical (unpaired) electrons. The predicted octanol–water partition coefficient (Wildman–Crippen LogP) is 0.643. The number of rotatable bonds is 6. The summed E-state index contributed by atoms with van der Waals surface area (Å²) < 4.78 is 19.7. The van der Waals surface area contributed by atoms with Crippen molar-refractivity contribution in [2.24, 2.45) is 0 Å². The topological polar surface area (TPSA) is 154 Å². The number of H-pyrrole nitrogens is 1. The van der Waals surface area contributed by atoms with Gasteiger partial charge in [-0.2, -0.15) is 0 Å². The van der Waals surface area contributed by atoms with Crippen LogP contribution >= 0.6 is 0 Å². The van der Waals surface area contributed by atoms with Gasteiger partial charge in [0.15, 0.2) is 0 Å². The molecule has 4 heterocycles. The van der Waals surface area contributed by atoms with Crippen LogP contribution in [0, 0.1) is 6.92 Å². The number of ether oxygens (including phenoxy) is 2. The Morgan fingerprint density at radius 3 is 2.85 bits per heavy atom. The van der Waals surface area contributed by atoms with Crippen LogP contribution in [0.2, 0.25) is 0 Å². The highest BCUT2D eigenvalue weighted by Gasteiger charge is 2.38. The number of nitrogens with one attached hydrogen (secondary N) is 1. The minimum Gasteiger partial charge on any atom is -0.487 e. The van der Waals surface area contributed by atoms with Crippen molar-refractivity contribution in [1.82, 2.24) is 24.5 Å². The quantitative estimate of drug-likeness (QED) is 0.389. The molecule has 0 spiro atoms. The van der Waals surface area contributed by atoms with Gasteiger partial charge in [-0.3, -0.25) is 14.3 Å². The lowest BCUT2D eigenvalue weighted by atomic mass is 10.1. The molecule has 34 heavy (non-hydrogen) atoms. The lowest BCUT2D eigenvalue weighted by molar-refractivity contribution is -0.0323. The highest BCUT2D eigenvalue weighted by atomic mass is 16.5. The highest BCUT2D eigenvalue weighted by Crippen LogP contribution is 2.35. The van der Waals surface area contributed by atoms with Crippen LogP contribution in [0.1, 0.15) is 29.9 Å². The zero-order chi connectivity index (χ0) is 23.8. The molecular formula is C22H21N5O7. The van der Waals surface area contributed by atoms with E-state index < -0.39 is 29.2 Å². The Balaban J connectivity index is 1.31. The van der Waals surface area contributed by atoms with Gasteiger partial charge in [0.1, 0.15) is 36.0 Å². The average molecular weight is 467 g/mol. The average Bonchev–Trinajstić information content (AvgIpc) is 3.46. The van der Waals surface area contributed by atoms with E-state index >= 15 is 0 Å². The van der Waals surface area contributed by atoms with Crippen molar-refractivity contribution in [2.45, 2.75) is 38.3 Å². The molecule has 1 aliphatic rings. The number of benzene rings is 1. The first-order valence-corrected chi connectivity index (χ1v) is 10.6. The monoisotopic (exact) mass is 467 g/mol. The second-order valence-corrected chi connectivity index (χ2v) is 8.03. The number of nitrogens with zero attached hydrogens (tertiary/aromatic N) is 4. The predicted molar refractivity (Wildman–Crippen MR) is 118 cm³/mol. The molecule has 0 saturated carbocycles. The summed E-state index contributed by atoms with van der Waals surface area (Å²) in [6, 6.07) is 7.81. The molecule has 176 valence electrons. The maximum atomic E-state index is 12.2. The number of fused-ring (bicyclic) bond motifs is 1. The van der Waals surface area contributed by atoms with E-state index in [2.05, 4.69) is 15.3 Å². The Kier molecular flexibility index (Phi) is 5.59. The molecule has 5 rings (SSSR count). The third kappa shape index (κ3) is 4.16. The van der Waals surface area contributed by atoms with E-state index in [1.54, 1.807) is 42.1 Å². The van der Waals surface area contributed by atoms with Crippen molar-refractivity contribution < 1.29 is 19.0 Å². The van der Waals surface area contributed by atoms with Crippen LogP contribution in [0.5, 0.6) is 5.75 Å². The largest absolute Gasteiger partial charge is 0.487 e. The van der Waals surface area contributed by atoms with Crippen molar-refractivity contribution in [2.75, 3.05) is 6.61 Å². The number of aliphatic hydroxyl groups excluding tert-OH is 1. The summed E-state index contributed by atoms with van der Waals surface area (Å²) in [5.41, 5.74) is -0.156. The molecule has 1 fully saturated rings. The first kappa shape index (κ1) is 21.8. The van der Waals surface area contributed by atoms with Gasteiger partial charge in [0, 0.05) is 35.7 Å². The molecular weight excluding hydrogens is 446 g/mol. The van der Waals surface area contributed by atoms with E-state index in [0.29, 0.717) is 29.0 Å². The Morgan fingerprint density at radius 2 is 2.03 bits per heavy atom. The van der Waals surface area contributed by atoms with Crippen molar-refractivity contribution >= 4 is 11.0 Å². The van der Waals surface area contributed by atoms with E-state index in [-0.39, 0.29) is 19.3 Å². The van der Waals surface area contributed by atoms with Crippen LogP contribution in [0.4, 0.5) is 0 Å². The second-order valence-electron chi connectivity index (χ2n) is 8.03. The maximum absolute atomic E-state index is 12.2. The summed E-state index contributed by atoms with van der Waals surface area (Å²) in [5, 5.41) is 18.9. The van der Waals surface area contributed by atoms with Gasteiger partial charge < -0.3 is 19.0 Å². The van der Waals surface area contributed by atoms with Gasteiger partial charge in [0.05, 0.1) is 18.8 Å². The standard InChI is InChI=1S/C22H21N5O7/c1-12-8-26(22(31)23-21(12)30)19-7-16(18(10-28)33-19)27-9-14(24-25-27)11-32-15-4-2-13-3-5-20(29)34-17(13)6-15/h2-6,8-9,16,18-19,28H,7,10-11H2,1H3,(H,23,30,31)/t16-,18+,19+/m0/s1. The van der Waals surface area contributed by atoms with Crippen molar-refractivity contribution in [1.29, 1.82) is 0 Å². The number of aromatic nitrogens is 5. The molecule has 3 atom stereocenters. The van der Waals surface area contributed by atoms with E-state index in [9.17, 15) is 19.5 Å². The molecule has 1 aliphatic heterocycles. The van der Waals surface area contributed by atoms with Gasteiger partial charge in [-0.1, -0.05) is 5.21 Å². The molecule has 1 saturated heterocycles. The summed E-state index contributed by atoms with van der Waals surface area (Å²) in [4.78, 5) is 37.6. The molecule has 0 amide bonds. The van der Waals surface area contributed by atoms with Crippen LogP contribution in [0.15, 0.2) is 61.5 Å². The van der Waals surface area contributed by atoms with Crippen LogP contribution in [0.3, 0.4) is 0 Å². The third-order valence-corrected chi connectivity index (χ3v) is 5.72. The normalized spacial score (nSPS) is 20.1. The Morgan fingerprint density at radius 1 is 1.21 bits per heavy atom. The SMILES string of the molecule is Cc1cn([C@H]2C[C@H](n3cc(COc4ccc5ccc(=O)oc5c4)nn3)[C@@H](CO)O2)c(=O)[nH]c1=O. The van der Waals surface area contributed by atoms with Gasteiger partial charge in [-0.05, 0) is 25.1 Å². The lowest BCUT2D eigenvalue weighted by Crippen LogP contribution is -2.33.